The first kappa shape index (κ1) is 14.9. The van der Waals surface area contributed by atoms with E-state index in [-0.39, 0.29) is 16.2 Å². The van der Waals surface area contributed by atoms with Crippen molar-refractivity contribution in [2.75, 3.05) is 20.2 Å². The van der Waals surface area contributed by atoms with Gasteiger partial charge in [0.1, 0.15) is 0 Å². The van der Waals surface area contributed by atoms with Gasteiger partial charge in [-0.25, -0.2) is 0 Å². The fourth-order valence-corrected chi connectivity index (χ4v) is 2.65. The highest BCUT2D eigenvalue weighted by atomic mass is 16.6. The maximum absolute atomic E-state index is 10.6. The lowest BCUT2D eigenvalue weighted by Crippen LogP contribution is -2.30. The largest absolute Gasteiger partial charge is 0.378 e. The number of ether oxygens (including phenoxy) is 1. The molecule has 0 bridgehead atoms. The van der Waals surface area contributed by atoms with E-state index in [0.717, 1.165) is 44.5 Å². The molecule has 0 N–H and O–H groups in total. The second-order valence-corrected chi connectivity index (χ2v) is 5.71. The van der Waals surface area contributed by atoms with E-state index in [0.29, 0.717) is 0 Å². The quantitative estimate of drug-likeness (QED) is 0.627. The number of nitro benzene ring substituents is 1. The molecule has 1 aliphatic heterocycles. The van der Waals surface area contributed by atoms with Crippen LogP contribution < -0.4 is 0 Å². The Labute approximate surface area is 119 Å². The number of methoxy groups -OCH3 is 1. The maximum Gasteiger partial charge on any atom is 0.269 e. The van der Waals surface area contributed by atoms with Crippen molar-refractivity contribution in [3.05, 3.63) is 39.9 Å². The molecule has 5 heteroatoms. The van der Waals surface area contributed by atoms with Crippen LogP contribution in [0.3, 0.4) is 0 Å². The lowest BCUT2D eigenvalue weighted by molar-refractivity contribution is -0.384. The summed E-state index contributed by atoms with van der Waals surface area (Å²) in [6.07, 6.45) is 3.23. The van der Waals surface area contributed by atoms with Crippen molar-refractivity contribution >= 4 is 5.69 Å². The summed E-state index contributed by atoms with van der Waals surface area (Å²) in [5.74, 6) is 0. The lowest BCUT2D eigenvalue weighted by atomic mass is 9.97. The summed E-state index contributed by atoms with van der Waals surface area (Å²) in [4.78, 5) is 12.7. The highest BCUT2D eigenvalue weighted by Gasteiger charge is 2.27. The third-order valence-corrected chi connectivity index (χ3v) is 4.18. The van der Waals surface area contributed by atoms with Crippen molar-refractivity contribution in [3.63, 3.8) is 0 Å². The van der Waals surface area contributed by atoms with Crippen molar-refractivity contribution in [2.45, 2.75) is 38.3 Å². The predicted octanol–water partition coefficient (Wildman–Crippen LogP) is 2.99. The van der Waals surface area contributed by atoms with Gasteiger partial charge in [0, 0.05) is 32.3 Å². The lowest BCUT2D eigenvalue weighted by Gasteiger charge is -2.26. The second kappa shape index (κ2) is 6.33. The molecular weight excluding hydrogens is 256 g/mol. The van der Waals surface area contributed by atoms with Crippen molar-refractivity contribution < 1.29 is 9.66 Å². The number of non-ortho nitro benzene ring substituents is 1. The van der Waals surface area contributed by atoms with Gasteiger partial charge < -0.3 is 4.74 Å². The van der Waals surface area contributed by atoms with Crippen molar-refractivity contribution in [3.8, 4) is 0 Å². The number of nitro groups is 1. The Morgan fingerprint density at radius 1 is 1.30 bits per heavy atom. The number of hydrogen-bond donors (Lipinski definition) is 0. The zero-order valence-corrected chi connectivity index (χ0v) is 12.2. The first-order chi connectivity index (χ1) is 9.52. The standard InChI is InChI=1S/C15H22N2O3/c1-15(20-2)8-3-10-16(11-9-15)12-13-4-6-14(7-5-13)17(18)19/h4-7H,3,8-12H2,1-2H3/t15-/m1/s1. The molecule has 1 fully saturated rings. The molecule has 1 heterocycles. The van der Waals surface area contributed by atoms with Crippen LogP contribution in [0.25, 0.3) is 0 Å². The van der Waals surface area contributed by atoms with E-state index in [1.54, 1.807) is 19.2 Å². The third kappa shape index (κ3) is 3.77. The SMILES string of the molecule is CO[C@]1(C)CCCN(Cc2ccc([N+](=O)[O-])cc2)CC1. The molecule has 5 nitrogen and oxygen atoms in total. The summed E-state index contributed by atoms with van der Waals surface area (Å²) in [5.41, 5.74) is 1.26. The van der Waals surface area contributed by atoms with Crippen LogP contribution in [0.5, 0.6) is 0 Å². The third-order valence-electron chi connectivity index (χ3n) is 4.18. The Hall–Kier alpha value is -1.46. The van der Waals surface area contributed by atoms with Crippen LogP contribution in [0.4, 0.5) is 5.69 Å². The van der Waals surface area contributed by atoms with E-state index >= 15 is 0 Å². The summed E-state index contributed by atoms with van der Waals surface area (Å²) in [7, 11) is 1.78. The van der Waals surface area contributed by atoms with Gasteiger partial charge in [-0.15, -0.1) is 0 Å². The Morgan fingerprint density at radius 2 is 2.00 bits per heavy atom. The van der Waals surface area contributed by atoms with Crippen LogP contribution in [0, 0.1) is 10.1 Å². The van der Waals surface area contributed by atoms with Gasteiger partial charge in [-0.1, -0.05) is 12.1 Å². The molecule has 2 rings (SSSR count). The molecule has 1 aliphatic rings. The first-order valence-electron chi connectivity index (χ1n) is 7.03. The van der Waals surface area contributed by atoms with Gasteiger partial charge in [0.15, 0.2) is 0 Å². The molecule has 1 aromatic rings. The molecule has 0 aromatic heterocycles. The van der Waals surface area contributed by atoms with Crippen LogP contribution >= 0.6 is 0 Å². The predicted molar refractivity (Wildman–Crippen MR) is 77.6 cm³/mol. The summed E-state index contributed by atoms with van der Waals surface area (Å²) in [5, 5.41) is 10.6. The number of rotatable bonds is 4. The summed E-state index contributed by atoms with van der Waals surface area (Å²) in [6, 6.07) is 6.84. The second-order valence-electron chi connectivity index (χ2n) is 5.71. The normalized spacial score (nSPS) is 24.3. The van der Waals surface area contributed by atoms with E-state index < -0.39 is 0 Å². The molecule has 0 spiro atoms. The average molecular weight is 278 g/mol. The monoisotopic (exact) mass is 278 g/mol. The molecule has 20 heavy (non-hydrogen) atoms. The zero-order chi connectivity index (χ0) is 14.6. The Kier molecular flexibility index (Phi) is 4.73. The highest BCUT2D eigenvalue weighted by molar-refractivity contribution is 5.32. The molecule has 0 unspecified atom stereocenters. The minimum Gasteiger partial charge on any atom is -0.378 e. The van der Waals surface area contributed by atoms with E-state index in [1.165, 1.54) is 0 Å². The molecule has 1 aromatic carbocycles. The van der Waals surface area contributed by atoms with E-state index in [4.69, 9.17) is 4.74 Å². The van der Waals surface area contributed by atoms with Gasteiger partial charge >= 0.3 is 0 Å². The van der Waals surface area contributed by atoms with Gasteiger partial charge in [-0.05, 0) is 38.3 Å². The number of likely N-dealkylation sites (tertiary alicyclic amines) is 1. The smallest absolute Gasteiger partial charge is 0.269 e. The fraction of sp³-hybridized carbons (Fsp3) is 0.600. The topological polar surface area (TPSA) is 55.6 Å². The van der Waals surface area contributed by atoms with Crippen molar-refractivity contribution in [1.82, 2.24) is 4.90 Å². The summed E-state index contributed by atoms with van der Waals surface area (Å²) >= 11 is 0. The Morgan fingerprint density at radius 3 is 2.60 bits per heavy atom. The molecule has 0 aliphatic carbocycles. The zero-order valence-electron chi connectivity index (χ0n) is 12.2. The van der Waals surface area contributed by atoms with E-state index in [9.17, 15) is 10.1 Å². The fourth-order valence-electron chi connectivity index (χ4n) is 2.65. The molecule has 1 atom stereocenters. The summed E-state index contributed by atoms with van der Waals surface area (Å²) < 4.78 is 5.60. The summed E-state index contributed by atoms with van der Waals surface area (Å²) in [6.45, 7) is 5.07. The molecule has 1 saturated heterocycles. The van der Waals surface area contributed by atoms with Gasteiger partial charge in [0.2, 0.25) is 0 Å². The molecule has 0 amide bonds. The molecule has 110 valence electrons. The minimum absolute atomic E-state index is 0.00970. The van der Waals surface area contributed by atoms with Gasteiger partial charge in [-0.3, -0.25) is 15.0 Å². The molecule has 0 saturated carbocycles. The average Bonchev–Trinajstić information content (AvgIpc) is 2.63. The van der Waals surface area contributed by atoms with Gasteiger partial charge in [0.05, 0.1) is 10.5 Å². The highest BCUT2D eigenvalue weighted by Crippen LogP contribution is 2.26. The van der Waals surface area contributed by atoms with Gasteiger partial charge in [0.25, 0.3) is 5.69 Å². The van der Waals surface area contributed by atoms with Crippen LogP contribution in [0.2, 0.25) is 0 Å². The van der Waals surface area contributed by atoms with E-state index in [1.807, 2.05) is 12.1 Å². The van der Waals surface area contributed by atoms with Gasteiger partial charge in [-0.2, -0.15) is 0 Å². The Balaban J connectivity index is 1.94. The maximum atomic E-state index is 10.6. The van der Waals surface area contributed by atoms with Crippen LogP contribution in [-0.4, -0.2) is 35.6 Å². The van der Waals surface area contributed by atoms with Crippen molar-refractivity contribution in [2.24, 2.45) is 0 Å². The number of benzene rings is 1. The van der Waals surface area contributed by atoms with E-state index in [2.05, 4.69) is 11.8 Å². The van der Waals surface area contributed by atoms with Crippen LogP contribution in [-0.2, 0) is 11.3 Å². The molecular formula is C15H22N2O3. The Bertz CT molecular complexity index is 461. The number of hydrogen-bond acceptors (Lipinski definition) is 4. The van der Waals surface area contributed by atoms with Crippen molar-refractivity contribution in [1.29, 1.82) is 0 Å². The van der Waals surface area contributed by atoms with Crippen LogP contribution in [0.15, 0.2) is 24.3 Å². The minimum atomic E-state index is -0.361. The number of nitrogens with zero attached hydrogens (tertiary/aromatic N) is 2. The first-order valence-corrected chi connectivity index (χ1v) is 7.03. The molecule has 0 radical (unpaired) electrons. The van der Waals surface area contributed by atoms with Crippen LogP contribution in [0.1, 0.15) is 31.7 Å².